The molecule has 0 spiro atoms. The number of hydrogen-bond donors (Lipinski definition) is 1. The van der Waals surface area contributed by atoms with Crippen LogP contribution in [0.4, 0.5) is 10.5 Å². The third kappa shape index (κ3) is 6.27. The van der Waals surface area contributed by atoms with Gasteiger partial charge < -0.3 is 15.1 Å². The molecule has 0 saturated carbocycles. The van der Waals surface area contributed by atoms with E-state index in [2.05, 4.69) is 71.4 Å². The van der Waals surface area contributed by atoms with Crippen molar-refractivity contribution in [1.29, 1.82) is 0 Å². The largest absolute Gasteiger partial charge is 0.378 e. The second kappa shape index (κ2) is 10.7. The van der Waals surface area contributed by atoms with E-state index in [1.165, 1.54) is 11.1 Å². The summed E-state index contributed by atoms with van der Waals surface area (Å²) < 4.78 is 0. The van der Waals surface area contributed by atoms with Crippen LogP contribution in [0.2, 0.25) is 0 Å². The second-order valence-electron chi connectivity index (χ2n) is 7.31. The smallest absolute Gasteiger partial charge is 0.317 e. The van der Waals surface area contributed by atoms with E-state index in [0.29, 0.717) is 13.1 Å². The summed E-state index contributed by atoms with van der Waals surface area (Å²) in [6, 6.07) is 16.6. The Morgan fingerprint density at radius 3 is 2.04 bits per heavy atom. The Morgan fingerprint density at radius 1 is 0.857 bits per heavy atom. The zero-order chi connectivity index (χ0) is 20.5. The van der Waals surface area contributed by atoms with Crippen molar-refractivity contribution in [1.82, 2.24) is 15.1 Å². The number of amides is 2. The summed E-state index contributed by atoms with van der Waals surface area (Å²) in [7, 11) is 5.87. The highest BCUT2D eigenvalue weighted by atomic mass is 16.2. The lowest BCUT2D eigenvalue weighted by molar-refractivity contribution is 0.206. The highest BCUT2D eigenvalue weighted by molar-refractivity contribution is 5.73. The van der Waals surface area contributed by atoms with Crippen LogP contribution >= 0.6 is 0 Å². The number of anilines is 1. The summed E-state index contributed by atoms with van der Waals surface area (Å²) in [4.78, 5) is 18.7. The number of rotatable bonds is 9. The van der Waals surface area contributed by atoms with E-state index in [-0.39, 0.29) is 6.03 Å². The minimum atomic E-state index is -0.0608. The predicted octanol–water partition coefficient (Wildman–Crippen LogP) is 3.94. The van der Waals surface area contributed by atoms with Gasteiger partial charge in [0.1, 0.15) is 0 Å². The molecule has 0 aliphatic rings. The maximum Gasteiger partial charge on any atom is 0.317 e. The Balaban J connectivity index is 1.92. The van der Waals surface area contributed by atoms with Crippen LogP contribution in [-0.2, 0) is 19.6 Å². The number of carbonyl (C=O) groups is 1. The fourth-order valence-corrected chi connectivity index (χ4v) is 3.12. The third-order valence-corrected chi connectivity index (χ3v) is 5.06. The van der Waals surface area contributed by atoms with Crippen LogP contribution in [0.1, 0.15) is 30.5 Å². The van der Waals surface area contributed by atoms with E-state index in [1.54, 1.807) is 4.90 Å². The van der Waals surface area contributed by atoms with Crippen LogP contribution in [0.15, 0.2) is 48.5 Å². The number of nitrogens with one attached hydrogen (secondary N) is 1. The molecule has 2 amide bonds. The van der Waals surface area contributed by atoms with Gasteiger partial charge in [-0.15, -0.1) is 0 Å². The predicted molar refractivity (Wildman–Crippen MR) is 118 cm³/mol. The molecule has 0 atom stereocenters. The lowest BCUT2D eigenvalue weighted by Crippen LogP contribution is -2.36. The highest BCUT2D eigenvalue weighted by Gasteiger charge is 2.11. The van der Waals surface area contributed by atoms with Crippen molar-refractivity contribution in [3.8, 4) is 0 Å². The van der Waals surface area contributed by atoms with Crippen molar-refractivity contribution >= 4 is 11.7 Å². The van der Waals surface area contributed by atoms with Gasteiger partial charge in [0.25, 0.3) is 0 Å². The lowest BCUT2D eigenvalue weighted by atomic mass is 10.1. The summed E-state index contributed by atoms with van der Waals surface area (Å²) in [6.45, 7) is 8.43. The molecular weight excluding hydrogens is 348 g/mol. The number of nitrogens with zero attached hydrogens (tertiary/aromatic N) is 3. The van der Waals surface area contributed by atoms with Crippen molar-refractivity contribution in [2.75, 3.05) is 39.1 Å². The molecule has 1 N–H and O–H groups in total. The Kier molecular flexibility index (Phi) is 8.33. The summed E-state index contributed by atoms with van der Waals surface area (Å²) >= 11 is 0. The summed E-state index contributed by atoms with van der Waals surface area (Å²) in [6.07, 6.45) is 0. The van der Waals surface area contributed by atoms with E-state index in [1.807, 2.05) is 27.2 Å². The first-order chi connectivity index (χ1) is 13.4. The molecule has 152 valence electrons. The lowest BCUT2D eigenvalue weighted by Gasteiger charge is -2.22. The first kappa shape index (κ1) is 21.8. The van der Waals surface area contributed by atoms with Crippen LogP contribution < -0.4 is 10.2 Å². The first-order valence-corrected chi connectivity index (χ1v) is 9.99. The monoisotopic (exact) mass is 382 g/mol. The van der Waals surface area contributed by atoms with Gasteiger partial charge >= 0.3 is 6.03 Å². The fourth-order valence-electron chi connectivity index (χ4n) is 3.12. The quantitative estimate of drug-likeness (QED) is 0.714. The van der Waals surface area contributed by atoms with Gasteiger partial charge in [0.05, 0.1) is 0 Å². The van der Waals surface area contributed by atoms with Crippen LogP contribution in [-0.4, -0.2) is 50.1 Å². The number of urea groups is 1. The van der Waals surface area contributed by atoms with Crippen molar-refractivity contribution < 1.29 is 4.79 Å². The van der Waals surface area contributed by atoms with Crippen LogP contribution in [0, 0.1) is 0 Å². The molecule has 0 aromatic heterocycles. The van der Waals surface area contributed by atoms with Crippen molar-refractivity contribution in [3.05, 3.63) is 65.2 Å². The van der Waals surface area contributed by atoms with Gasteiger partial charge in [0, 0.05) is 46.5 Å². The second-order valence-corrected chi connectivity index (χ2v) is 7.31. The molecule has 5 nitrogen and oxygen atoms in total. The molecule has 0 saturated heterocycles. The zero-order valence-electron chi connectivity index (χ0n) is 17.9. The third-order valence-electron chi connectivity index (χ3n) is 5.06. The molecule has 0 radical (unpaired) electrons. The highest BCUT2D eigenvalue weighted by Crippen LogP contribution is 2.14. The molecule has 0 aliphatic carbocycles. The normalized spacial score (nSPS) is 10.8. The minimum Gasteiger partial charge on any atom is -0.378 e. The molecule has 0 aliphatic heterocycles. The van der Waals surface area contributed by atoms with Gasteiger partial charge in [-0.2, -0.15) is 0 Å². The molecule has 0 bridgehead atoms. The first-order valence-electron chi connectivity index (χ1n) is 9.99. The van der Waals surface area contributed by atoms with E-state index in [0.717, 1.165) is 30.9 Å². The van der Waals surface area contributed by atoms with Crippen LogP contribution in [0.25, 0.3) is 0 Å². The number of benzene rings is 2. The van der Waals surface area contributed by atoms with Crippen molar-refractivity contribution in [2.45, 2.75) is 33.5 Å². The van der Waals surface area contributed by atoms with Crippen LogP contribution in [0.5, 0.6) is 0 Å². The van der Waals surface area contributed by atoms with Gasteiger partial charge in [-0.3, -0.25) is 4.90 Å². The van der Waals surface area contributed by atoms with E-state index < -0.39 is 0 Å². The van der Waals surface area contributed by atoms with Gasteiger partial charge in [0.15, 0.2) is 0 Å². The Labute approximate surface area is 169 Å². The molecule has 28 heavy (non-hydrogen) atoms. The molecule has 2 aromatic carbocycles. The van der Waals surface area contributed by atoms with E-state index >= 15 is 0 Å². The average Bonchev–Trinajstić information content (AvgIpc) is 2.71. The summed E-state index contributed by atoms with van der Waals surface area (Å²) in [5.74, 6) is 0. The standard InChI is InChI=1S/C23H34N4O/c1-6-27(7-2)18-21-11-9-8-10-20(21)16-24-23(28)26(5)17-19-12-14-22(15-13-19)25(3)4/h8-15H,6-7,16-18H2,1-5H3,(H,24,28). The molecule has 0 heterocycles. The molecule has 5 heteroatoms. The van der Waals surface area contributed by atoms with Gasteiger partial charge in [-0.25, -0.2) is 4.79 Å². The Hall–Kier alpha value is -2.53. The Morgan fingerprint density at radius 2 is 1.46 bits per heavy atom. The summed E-state index contributed by atoms with van der Waals surface area (Å²) in [5.41, 5.74) is 4.71. The topological polar surface area (TPSA) is 38.8 Å². The number of carbonyl (C=O) groups excluding carboxylic acids is 1. The maximum absolute atomic E-state index is 12.5. The fraction of sp³-hybridized carbons (Fsp3) is 0.435. The molecular formula is C23H34N4O. The number of hydrogen-bond acceptors (Lipinski definition) is 3. The van der Waals surface area contributed by atoms with Gasteiger partial charge in [-0.05, 0) is 41.9 Å². The van der Waals surface area contributed by atoms with E-state index in [4.69, 9.17) is 0 Å². The van der Waals surface area contributed by atoms with E-state index in [9.17, 15) is 4.79 Å². The molecule has 2 aromatic rings. The summed E-state index contributed by atoms with van der Waals surface area (Å²) in [5, 5.41) is 3.06. The molecule has 2 rings (SSSR count). The van der Waals surface area contributed by atoms with Crippen molar-refractivity contribution in [3.63, 3.8) is 0 Å². The minimum absolute atomic E-state index is 0.0608. The Bertz CT molecular complexity index is 739. The van der Waals surface area contributed by atoms with Gasteiger partial charge in [0.2, 0.25) is 0 Å². The van der Waals surface area contributed by atoms with Crippen molar-refractivity contribution in [2.24, 2.45) is 0 Å². The average molecular weight is 383 g/mol. The maximum atomic E-state index is 12.5. The van der Waals surface area contributed by atoms with Gasteiger partial charge in [-0.1, -0.05) is 50.2 Å². The van der Waals surface area contributed by atoms with Crippen LogP contribution in [0.3, 0.4) is 0 Å². The molecule has 0 unspecified atom stereocenters. The zero-order valence-corrected chi connectivity index (χ0v) is 17.9. The SMILES string of the molecule is CCN(CC)Cc1ccccc1CNC(=O)N(C)Cc1ccc(N(C)C)cc1. The molecule has 0 fully saturated rings.